The minimum Gasteiger partial charge on any atom is -0.323 e. The van der Waals surface area contributed by atoms with E-state index in [-0.39, 0.29) is 11.8 Å². The average molecular weight is 520 g/mol. The fraction of sp³-hybridized carbons (Fsp3) is 0.219. The van der Waals surface area contributed by atoms with Gasteiger partial charge < -0.3 is 20.1 Å². The van der Waals surface area contributed by atoms with E-state index in [4.69, 9.17) is 4.98 Å². The van der Waals surface area contributed by atoms with Crippen LogP contribution in [0.5, 0.6) is 0 Å². The Balaban J connectivity index is 1.40. The maximum Gasteiger partial charge on any atom is 0.255 e. The first-order valence-electron chi connectivity index (χ1n) is 13.2. The van der Waals surface area contributed by atoms with Gasteiger partial charge in [0.25, 0.3) is 11.8 Å². The lowest BCUT2D eigenvalue weighted by Gasteiger charge is -2.14. The summed E-state index contributed by atoms with van der Waals surface area (Å²) in [5.74, 6) is 1.03. The third-order valence-corrected chi connectivity index (χ3v) is 6.79. The van der Waals surface area contributed by atoms with E-state index in [1.807, 2.05) is 86.9 Å². The quantitative estimate of drug-likeness (QED) is 0.300. The van der Waals surface area contributed by atoms with Crippen LogP contribution in [0.1, 0.15) is 23.7 Å². The van der Waals surface area contributed by atoms with E-state index in [9.17, 15) is 9.59 Å². The number of nitrogens with zero attached hydrogens (tertiary/aromatic N) is 3. The van der Waals surface area contributed by atoms with Crippen molar-refractivity contribution < 1.29 is 9.59 Å². The number of amides is 2. The van der Waals surface area contributed by atoms with Gasteiger partial charge in [-0.25, -0.2) is 4.98 Å². The number of hydrogen-bond donors (Lipinski definition) is 2. The topological polar surface area (TPSA) is 79.3 Å². The van der Waals surface area contributed by atoms with E-state index >= 15 is 0 Å². The summed E-state index contributed by atoms with van der Waals surface area (Å²) in [4.78, 5) is 32.4. The summed E-state index contributed by atoms with van der Waals surface area (Å²) in [6.07, 6.45) is 6.81. The molecule has 0 spiro atoms. The second-order valence-corrected chi connectivity index (χ2v) is 10.2. The Morgan fingerprint density at radius 3 is 2.36 bits per heavy atom. The molecule has 0 saturated heterocycles. The molecule has 3 aromatic carbocycles. The van der Waals surface area contributed by atoms with Crippen molar-refractivity contribution in [1.82, 2.24) is 14.5 Å². The highest BCUT2D eigenvalue weighted by Gasteiger charge is 2.16. The molecule has 0 aliphatic heterocycles. The minimum atomic E-state index is -0.148. The second kappa shape index (κ2) is 11.5. The zero-order chi connectivity index (χ0) is 27.4. The van der Waals surface area contributed by atoms with Gasteiger partial charge in [-0.15, -0.1) is 0 Å². The van der Waals surface area contributed by atoms with E-state index in [1.54, 1.807) is 12.1 Å². The Bertz CT molecular complexity index is 1550. The van der Waals surface area contributed by atoms with Crippen LogP contribution in [0.25, 0.3) is 22.4 Å². The molecule has 5 rings (SSSR count). The highest BCUT2D eigenvalue weighted by molar-refractivity contribution is 6.06. The largest absolute Gasteiger partial charge is 0.323 e. The number of benzene rings is 3. The minimum absolute atomic E-state index is 0.113. The number of imidazole rings is 1. The molecule has 1 aromatic heterocycles. The standard InChI is InChI=1S/C32H33N5O2/c1-22-9-11-25(12-10-22)32(39)34-27-17-18-29-28(21-27)35-30(37(29)20-19-36(2)3)23-13-15-26(16-14-23)33-31(38)24-7-5-4-6-8-24/h4-9,11-18,21-22H,10,19-20H2,1-3H3,(H,33,38)(H,34,39). The molecule has 4 aromatic rings. The van der Waals surface area contributed by atoms with Gasteiger partial charge in [-0.1, -0.05) is 43.4 Å². The molecule has 2 amide bonds. The summed E-state index contributed by atoms with van der Waals surface area (Å²) in [6.45, 7) is 3.74. The molecule has 0 bridgehead atoms. The molecule has 0 fully saturated rings. The van der Waals surface area contributed by atoms with Crippen molar-refractivity contribution in [3.63, 3.8) is 0 Å². The first kappa shape index (κ1) is 26.1. The van der Waals surface area contributed by atoms with E-state index in [0.717, 1.165) is 41.9 Å². The molecule has 1 aliphatic rings. The molecule has 1 atom stereocenters. The zero-order valence-electron chi connectivity index (χ0n) is 22.5. The van der Waals surface area contributed by atoms with Crippen LogP contribution < -0.4 is 10.6 Å². The second-order valence-electron chi connectivity index (χ2n) is 10.2. The predicted octanol–water partition coefficient (Wildman–Crippen LogP) is 5.98. The van der Waals surface area contributed by atoms with Gasteiger partial charge in [-0.05, 0) is 81.0 Å². The first-order valence-corrected chi connectivity index (χ1v) is 13.2. The van der Waals surface area contributed by atoms with Gasteiger partial charge in [0.2, 0.25) is 0 Å². The van der Waals surface area contributed by atoms with E-state index in [2.05, 4.69) is 33.1 Å². The summed E-state index contributed by atoms with van der Waals surface area (Å²) in [5.41, 5.74) is 5.48. The molecule has 1 heterocycles. The van der Waals surface area contributed by atoms with E-state index in [0.29, 0.717) is 28.4 Å². The number of allylic oxidation sites excluding steroid dienone is 2. The molecule has 2 N–H and O–H groups in total. The number of likely N-dealkylation sites (N-methyl/N-ethyl adjacent to an activating group) is 1. The van der Waals surface area contributed by atoms with Crippen LogP contribution in [0.2, 0.25) is 0 Å². The van der Waals surface area contributed by atoms with Crippen molar-refractivity contribution in [1.29, 1.82) is 0 Å². The monoisotopic (exact) mass is 519 g/mol. The highest BCUT2D eigenvalue weighted by atomic mass is 16.2. The van der Waals surface area contributed by atoms with Crippen LogP contribution >= 0.6 is 0 Å². The number of carbonyl (C=O) groups excluding carboxylic acids is 2. The van der Waals surface area contributed by atoms with E-state index in [1.165, 1.54) is 0 Å². The zero-order valence-corrected chi connectivity index (χ0v) is 22.5. The Labute approximate surface area is 228 Å². The van der Waals surface area contributed by atoms with Crippen molar-refractivity contribution in [3.05, 3.63) is 102 Å². The summed E-state index contributed by atoms with van der Waals surface area (Å²) in [5, 5.41) is 5.97. The van der Waals surface area contributed by atoms with Gasteiger partial charge in [0.05, 0.1) is 11.0 Å². The normalized spacial score (nSPS) is 14.9. The smallest absolute Gasteiger partial charge is 0.255 e. The summed E-state index contributed by atoms with van der Waals surface area (Å²) < 4.78 is 2.20. The lowest BCUT2D eigenvalue weighted by atomic mass is 9.98. The number of anilines is 2. The van der Waals surface area contributed by atoms with Gasteiger partial charge in [-0.3, -0.25) is 9.59 Å². The molecule has 0 saturated carbocycles. The number of aromatic nitrogens is 2. The third-order valence-electron chi connectivity index (χ3n) is 6.79. The van der Waals surface area contributed by atoms with Crippen molar-refractivity contribution >= 4 is 34.2 Å². The summed E-state index contributed by atoms with van der Waals surface area (Å²) in [7, 11) is 4.09. The first-order chi connectivity index (χ1) is 18.9. The SMILES string of the molecule is CC1C=CC(C(=O)Nc2ccc3c(c2)nc(-c2ccc(NC(=O)c4ccccc4)cc2)n3CCN(C)C)=CC1. The van der Waals surface area contributed by atoms with Crippen molar-refractivity contribution in [2.24, 2.45) is 5.92 Å². The van der Waals surface area contributed by atoms with Crippen LogP contribution in [0.15, 0.2) is 96.6 Å². The third kappa shape index (κ3) is 6.16. The molecule has 39 heavy (non-hydrogen) atoms. The molecule has 7 heteroatoms. The molecule has 198 valence electrons. The Kier molecular flexibility index (Phi) is 7.70. The van der Waals surface area contributed by atoms with Crippen LogP contribution in [0, 0.1) is 5.92 Å². The molecular weight excluding hydrogens is 486 g/mol. The van der Waals surface area contributed by atoms with Crippen molar-refractivity contribution in [3.8, 4) is 11.4 Å². The number of hydrogen-bond acceptors (Lipinski definition) is 4. The van der Waals surface area contributed by atoms with Crippen molar-refractivity contribution in [2.75, 3.05) is 31.3 Å². The Morgan fingerprint density at radius 1 is 0.949 bits per heavy atom. The van der Waals surface area contributed by atoms with E-state index < -0.39 is 0 Å². The molecular formula is C32H33N5O2. The molecule has 7 nitrogen and oxygen atoms in total. The maximum absolute atomic E-state index is 12.8. The van der Waals surface area contributed by atoms with Crippen LogP contribution in [-0.2, 0) is 11.3 Å². The maximum atomic E-state index is 12.8. The van der Waals surface area contributed by atoms with Gasteiger partial charge in [0.15, 0.2) is 0 Å². The average Bonchev–Trinajstić information content (AvgIpc) is 3.30. The van der Waals surface area contributed by atoms with Crippen molar-refractivity contribution in [2.45, 2.75) is 19.9 Å². The molecule has 0 radical (unpaired) electrons. The Hall–Kier alpha value is -4.49. The Morgan fingerprint density at radius 2 is 1.67 bits per heavy atom. The predicted molar refractivity (Wildman–Crippen MR) is 158 cm³/mol. The number of rotatable bonds is 8. The molecule has 1 aliphatic carbocycles. The van der Waals surface area contributed by atoms with Crippen LogP contribution in [0.4, 0.5) is 11.4 Å². The number of carbonyl (C=O) groups is 2. The summed E-state index contributed by atoms with van der Waals surface area (Å²) in [6, 6.07) is 22.7. The fourth-order valence-corrected chi connectivity index (χ4v) is 4.55. The van der Waals surface area contributed by atoms with Gasteiger partial charge in [0.1, 0.15) is 5.82 Å². The van der Waals surface area contributed by atoms with Crippen LogP contribution in [0.3, 0.4) is 0 Å². The highest BCUT2D eigenvalue weighted by Crippen LogP contribution is 2.28. The van der Waals surface area contributed by atoms with Gasteiger partial charge in [0, 0.05) is 41.2 Å². The van der Waals surface area contributed by atoms with Crippen LogP contribution in [-0.4, -0.2) is 46.9 Å². The fourth-order valence-electron chi connectivity index (χ4n) is 4.55. The number of fused-ring (bicyclic) bond motifs is 1. The summed E-state index contributed by atoms with van der Waals surface area (Å²) >= 11 is 0. The number of nitrogens with one attached hydrogen (secondary N) is 2. The van der Waals surface area contributed by atoms with Gasteiger partial charge >= 0.3 is 0 Å². The lowest BCUT2D eigenvalue weighted by molar-refractivity contribution is -0.112. The van der Waals surface area contributed by atoms with Gasteiger partial charge in [-0.2, -0.15) is 0 Å². The molecule has 1 unspecified atom stereocenters. The lowest BCUT2D eigenvalue weighted by Crippen LogP contribution is -2.19.